The average molecular weight is 306 g/mol. The maximum atomic E-state index is 12.4. The average Bonchev–Trinajstić information content (AvgIpc) is 2.93. The van der Waals surface area contributed by atoms with Gasteiger partial charge in [-0.05, 0) is 38.8 Å². The van der Waals surface area contributed by atoms with Crippen LogP contribution in [0.15, 0.2) is 16.5 Å². The lowest BCUT2D eigenvalue weighted by molar-refractivity contribution is -0.138. The minimum atomic E-state index is -0.155. The van der Waals surface area contributed by atoms with Crippen molar-refractivity contribution in [1.29, 1.82) is 0 Å². The zero-order valence-electron chi connectivity index (χ0n) is 13.9. The van der Waals surface area contributed by atoms with Gasteiger partial charge in [0.05, 0.1) is 12.0 Å². The van der Waals surface area contributed by atoms with Crippen molar-refractivity contribution in [3.05, 3.63) is 23.7 Å². The van der Waals surface area contributed by atoms with Crippen LogP contribution in [-0.4, -0.2) is 29.8 Å². The number of rotatable bonds is 4. The maximum absolute atomic E-state index is 12.4. The molecule has 1 fully saturated rings. The van der Waals surface area contributed by atoms with E-state index in [-0.39, 0.29) is 29.7 Å². The van der Waals surface area contributed by atoms with Crippen molar-refractivity contribution in [2.75, 3.05) is 13.1 Å². The smallest absolute Gasteiger partial charge is 0.225 e. The van der Waals surface area contributed by atoms with Gasteiger partial charge < -0.3 is 14.6 Å². The minimum absolute atomic E-state index is 0.00260. The number of likely N-dealkylation sites (tertiary alicyclic amines) is 1. The molecule has 1 aliphatic heterocycles. The highest BCUT2D eigenvalue weighted by Crippen LogP contribution is 2.21. The summed E-state index contributed by atoms with van der Waals surface area (Å²) in [4.78, 5) is 26.3. The first-order chi connectivity index (χ1) is 10.4. The lowest BCUT2D eigenvalue weighted by Crippen LogP contribution is -2.47. The van der Waals surface area contributed by atoms with Crippen molar-refractivity contribution in [3.63, 3.8) is 0 Å². The molecule has 1 N–H and O–H groups in total. The van der Waals surface area contributed by atoms with Gasteiger partial charge in [-0.15, -0.1) is 0 Å². The number of piperidine rings is 1. The van der Waals surface area contributed by atoms with E-state index in [0.29, 0.717) is 6.54 Å². The monoisotopic (exact) mass is 306 g/mol. The largest absolute Gasteiger partial charge is 0.464 e. The zero-order chi connectivity index (χ0) is 16.3. The summed E-state index contributed by atoms with van der Waals surface area (Å²) in [6.45, 7) is 8.87. The number of furan rings is 1. The lowest BCUT2D eigenvalue weighted by Gasteiger charge is -2.33. The van der Waals surface area contributed by atoms with E-state index in [1.165, 1.54) is 0 Å². The molecule has 2 heterocycles. The first-order valence-electron chi connectivity index (χ1n) is 8.04. The number of carbonyl (C=O) groups is 2. The Balaban J connectivity index is 1.93. The Bertz CT molecular complexity index is 536. The second kappa shape index (κ2) is 6.99. The van der Waals surface area contributed by atoms with Crippen LogP contribution >= 0.6 is 0 Å². The second-order valence-electron chi connectivity index (χ2n) is 6.46. The first-order valence-corrected chi connectivity index (χ1v) is 8.04. The summed E-state index contributed by atoms with van der Waals surface area (Å²) in [5, 5.41) is 3.00. The minimum Gasteiger partial charge on any atom is -0.464 e. The molecule has 0 spiro atoms. The zero-order valence-corrected chi connectivity index (χ0v) is 13.9. The molecule has 122 valence electrons. The summed E-state index contributed by atoms with van der Waals surface area (Å²) >= 11 is 0. The molecular weight excluding hydrogens is 280 g/mol. The third-order valence-electron chi connectivity index (χ3n) is 4.14. The van der Waals surface area contributed by atoms with E-state index in [1.807, 2.05) is 44.7 Å². The van der Waals surface area contributed by atoms with Gasteiger partial charge in [-0.2, -0.15) is 0 Å². The molecule has 1 aromatic rings. The molecule has 5 nitrogen and oxygen atoms in total. The van der Waals surface area contributed by atoms with Crippen LogP contribution in [0.25, 0.3) is 0 Å². The number of nitrogens with one attached hydrogen (secondary N) is 1. The third-order valence-corrected chi connectivity index (χ3v) is 4.14. The van der Waals surface area contributed by atoms with E-state index in [1.54, 1.807) is 0 Å². The molecule has 0 bridgehead atoms. The summed E-state index contributed by atoms with van der Waals surface area (Å²) in [5.74, 6) is 1.58. The summed E-state index contributed by atoms with van der Waals surface area (Å²) in [5.41, 5.74) is 0. The highest BCUT2D eigenvalue weighted by atomic mass is 16.3. The fourth-order valence-electron chi connectivity index (χ4n) is 2.84. The van der Waals surface area contributed by atoms with Crippen molar-refractivity contribution < 1.29 is 14.0 Å². The number of nitrogens with zero attached hydrogens (tertiary/aromatic N) is 1. The predicted molar refractivity (Wildman–Crippen MR) is 84.1 cm³/mol. The summed E-state index contributed by atoms with van der Waals surface area (Å²) < 4.78 is 5.55. The molecule has 0 saturated carbocycles. The van der Waals surface area contributed by atoms with E-state index in [4.69, 9.17) is 4.42 Å². The molecule has 0 unspecified atom stereocenters. The molecule has 5 heteroatoms. The van der Waals surface area contributed by atoms with Crippen LogP contribution in [0.5, 0.6) is 0 Å². The van der Waals surface area contributed by atoms with Gasteiger partial charge in [0.15, 0.2) is 0 Å². The molecule has 0 aromatic carbocycles. The van der Waals surface area contributed by atoms with Gasteiger partial charge in [0.25, 0.3) is 0 Å². The fourth-order valence-corrected chi connectivity index (χ4v) is 2.84. The van der Waals surface area contributed by atoms with Crippen molar-refractivity contribution in [2.45, 2.75) is 46.6 Å². The Kier molecular flexibility index (Phi) is 5.27. The number of carbonyl (C=O) groups excluding carboxylic acids is 2. The van der Waals surface area contributed by atoms with Crippen molar-refractivity contribution >= 4 is 11.8 Å². The molecule has 2 atom stereocenters. The van der Waals surface area contributed by atoms with Gasteiger partial charge in [0.1, 0.15) is 11.5 Å². The van der Waals surface area contributed by atoms with Gasteiger partial charge >= 0.3 is 0 Å². The maximum Gasteiger partial charge on any atom is 0.225 e. The summed E-state index contributed by atoms with van der Waals surface area (Å²) in [6.07, 6.45) is 1.71. The predicted octanol–water partition coefficient (Wildman–Crippen LogP) is 2.66. The van der Waals surface area contributed by atoms with Crippen LogP contribution in [0.3, 0.4) is 0 Å². The number of amides is 2. The van der Waals surface area contributed by atoms with Gasteiger partial charge in [-0.3, -0.25) is 9.59 Å². The van der Waals surface area contributed by atoms with Crippen LogP contribution in [-0.2, 0) is 9.59 Å². The van der Waals surface area contributed by atoms with Crippen LogP contribution in [0.1, 0.15) is 51.2 Å². The Morgan fingerprint density at radius 2 is 2.05 bits per heavy atom. The molecule has 1 aliphatic rings. The van der Waals surface area contributed by atoms with Crippen LogP contribution in [0.2, 0.25) is 0 Å². The Morgan fingerprint density at radius 3 is 2.64 bits per heavy atom. The van der Waals surface area contributed by atoms with Gasteiger partial charge in [0, 0.05) is 19.0 Å². The second-order valence-corrected chi connectivity index (χ2v) is 6.46. The number of aryl methyl sites for hydroxylation is 1. The highest BCUT2D eigenvalue weighted by molar-refractivity contribution is 5.82. The van der Waals surface area contributed by atoms with Crippen molar-refractivity contribution in [2.24, 2.45) is 11.8 Å². The summed E-state index contributed by atoms with van der Waals surface area (Å²) in [6, 6.07) is 3.62. The molecule has 22 heavy (non-hydrogen) atoms. The molecule has 1 aromatic heterocycles. The normalized spacial score (nSPS) is 20.0. The number of hydrogen-bond acceptors (Lipinski definition) is 3. The Labute approximate surface area is 132 Å². The highest BCUT2D eigenvalue weighted by Gasteiger charge is 2.30. The number of hydrogen-bond donors (Lipinski definition) is 1. The molecule has 2 amide bonds. The van der Waals surface area contributed by atoms with Crippen molar-refractivity contribution in [3.8, 4) is 0 Å². The van der Waals surface area contributed by atoms with E-state index in [9.17, 15) is 9.59 Å². The van der Waals surface area contributed by atoms with Crippen LogP contribution in [0, 0.1) is 18.8 Å². The topological polar surface area (TPSA) is 62.6 Å². The SMILES string of the molecule is Cc1ccc([C@@H](C)NC(=O)[C@@H]2CCCN(C(=O)C(C)C)C2)o1. The third kappa shape index (κ3) is 3.90. The van der Waals surface area contributed by atoms with E-state index in [2.05, 4.69) is 5.32 Å². The molecule has 0 aliphatic carbocycles. The molecule has 2 rings (SSSR count). The lowest BCUT2D eigenvalue weighted by atomic mass is 9.95. The first kappa shape index (κ1) is 16.6. The van der Waals surface area contributed by atoms with E-state index >= 15 is 0 Å². The standard InChI is InChI=1S/C17H26N2O3/c1-11(2)17(21)19-9-5-6-14(10-19)16(20)18-13(4)15-8-7-12(3)22-15/h7-8,11,13-14H,5-6,9-10H2,1-4H3,(H,18,20)/t13-,14-/m1/s1. The van der Waals surface area contributed by atoms with E-state index in [0.717, 1.165) is 30.9 Å². The fraction of sp³-hybridized carbons (Fsp3) is 0.647. The molecule has 0 radical (unpaired) electrons. The Hall–Kier alpha value is -1.78. The van der Waals surface area contributed by atoms with Crippen LogP contribution in [0.4, 0.5) is 0 Å². The quantitative estimate of drug-likeness (QED) is 0.930. The van der Waals surface area contributed by atoms with Crippen molar-refractivity contribution in [1.82, 2.24) is 10.2 Å². The summed E-state index contributed by atoms with van der Waals surface area (Å²) in [7, 11) is 0. The van der Waals surface area contributed by atoms with Crippen LogP contribution < -0.4 is 5.32 Å². The Morgan fingerprint density at radius 1 is 1.32 bits per heavy atom. The van der Waals surface area contributed by atoms with E-state index < -0.39 is 0 Å². The van der Waals surface area contributed by atoms with Gasteiger partial charge in [-0.1, -0.05) is 13.8 Å². The van der Waals surface area contributed by atoms with Gasteiger partial charge in [-0.25, -0.2) is 0 Å². The molecular formula is C17H26N2O3. The van der Waals surface area contributed by atoms with Gasteiger partial charge in [0.2, 0.25) is 11.8 Å². The molecule has 1 saturated heterocycles.